The van der Waals surface area contributed by atoms with Crippen molar-refractivity contribution < 1.29 is 0 Å². The van der Waals surface area contributed by atoms with Crippen LogP contribution in [0.2, 0.25) is 0 Å². The highest BCUT2D eigenvalue weighted by Crippen LogP contribution is 2.42. The topological polar surface area (TPSA) is 0 Å². The van der Waals surface area contributed by atoms with Gasteiger partial charge in [0.25, 0.3) is 0 Å². The van der Waals surface area contributed by atoms with Crippen LogP contribution in [0.3, 0.4) is 0 Å². The lowest BCUT2D eigenvalue weighted by atomic mass is 9.66. The van der Waals surface area contributed by atoms with Gasteiger partial charge in [0.1, 0.15) is 0 Å². The maximum atomic E-state index is 2.46. The van der Waals surface area contributed by atoms with Gasteiger partial charge in [-0.05, 0) is 36.0 Å². The molecule has 0 bridgehead atoms. The highest BCUT2D eigenvalue weighted by atomic mass is 14.4. The number of hydrogen-bond acceptors (Lipinski definition) is 0. The van der Waals surface area contributed by atoms with Crippen molar-refractivity contribution in [3.8, 4) is 0 Å². The quantitative estimate of drug-likeness (QED) is 0.560. The SMILES string of the molecule is CCC1CCC(C)C(C)C(C)(C)CC1. The second kappa shape index (κ2) is 4.68. The Balaban J connectivity index is 2.64. The summed E-state index contributed by atoms with van der Waals surface area (Å²) >= 11 is 0. The van der Waals surface area contributed by atoms with E-state index in [2.05, 4.69) is 34.6 Å². The minimum Gasteiger partial charge on any atom is -0.0651 e. The molecule has 0 heterocycles. The van der Waals surface area contributed by atoms with E-state index < -0.39 is 0 Å². The standard InChI is InChI=1S/C14H28/c1-6-13-8-7-11(2)12(3)14(4,5)10-9-13/h11-13H,6-10H2,1-5H3. The fourth-order valence-electron chi connectivity index (χ4n) is 2.88. The van der Waals surface area contributed by atoms with Gasteiger partial charge in [0.15, 0.2) is 0 Å². The fraction of sp³-hybridized carbons (Fsp3) is 1.00. The molecule has 3 atom stereocenters. The van der Waals surface area contributed by atoms with E-state index in [0.29, 0.717) is 5.41 Å². The van der Waals surface area contributed by atoms with Crippen LogP contribution in [0.4, 0.5) is 0 Å². The van der Waals surface area contributed by atoms with Crippen LogP contribution in [-0.4, -0.2) is 0 Å². The van der Waals surface area contributed by atoms with Crippen LogP contribution in [-0.2, 0) is 0 Å². The molecule has 1 fully saturated rings. The average Bonchev–Trinajstić information content (AvgIpc) is 2.15. The zero-order valence-corrected chi connectivity index (χ0v) is 10.8. The van der Waals surface area contributed by atoms with Crippen LogP contribution < -0.4 is 0 Å². The Labute approximate surface area is 90.5 Å². The Morgan fingerprint density at radius 3 is 2.29 bits per heavy atom. The van der Waals surface area contributed by atoms with E-state index in [4.69, 9.17) is 0 Å². The molecule has 0 aliphatic heterocycles. The summed E-state index contributed by atoms with van der Waals surface area (Å²) in [5.41, 5.74) is 0.563. The van der Waals surface area contributed by atoms with Crippen LogP contribution in [0.5, 0.6) is 0 Å². The Morgan fingerprint density at radius 1 is 1.07 bits per heavy atom. The predicted molar refractivity (Wildman–Crippen MR) is 64.4 cm³/mol. The summed E-state index contributed by atoms with van der Waals surface area (Å²) in [7, 11) is 0. The summed E-state index contributed by atoms with van der Waals surface area (Å²) in [6.45, 7) is 12.2. The first-order chi connectivity index (χ1) is 6.47. The van der Waals surface area contributed by atoms with Crippen molar-refractivity contribution in [1.82, 2.24) is 0 Å². The molecule has 0 amide bonds. The van der Waals surface area contributed by atoms with E-state index in [1.165, 1.54) is 32.1 Å². The maximum absolute atomic E-state index is 2.46. The molecule has 0 heteroatoms. The Kier molecular flexibility index (Phi) is 4.04. The van der Waals surface area contributed by atoms with E-state index in [-0.39, 0.29) is 0 Å². The second-order valence-electron chi connectivity index (χ2n) is 6.14. The van der Waals surface area contributed by atoms with Gasteiger partial charge in [0.2, 0.25) is 0 Å². The van der Waals surface area contributed by atoms with Crippen molar-refractivity contribution in [2.75, 3.05) is 0 Å². The van der Waals surface area contributed by atoms with E-state index in [1.807, 2.05) is 0 Å². The summed E-state index contributed by atoms with van der Waals surface area (Å²) < 4.78 is 0. The van der Waals surface area contributed by atoms with E-state index >= 15 is 0 Å². The molecule has 0 aromatic heterocycles. The molecule has 0 nitrogen and oxygen atoms in total. The first kappa shape index (κ1) is 12.1. The van der Waals surface area contributed by atoms with Crippen LogP contribution >= 0.6 is 0 Å². The molecule has 3 unspecified atom stereocenters. The first-order valence-corrected chi connectivity index (χ1v) is 6.47. The molecule has 0 aromatic rings. The van der Waals surface area contributed by atoms with E-state index in [9.17, 15) is 0 Å². The molecule has 0 radical (unpaired) electrons. The molecule has 1 rings (SSSR count). The largest absolute Gasteiger partial charge is 0.0651 e. The van der Waals surface area contributed by atoms with Crippen LogP contribution in [0.15, 0.2) is 0 Å². The molecule has 0 N–H and O–H groups in total. The monoisotopic (exact) mass is 196 g/mol. The second-order valence-corrected chi connectivity index (χ2v) is 6.14. The zero-order valence-electron chi connectivity index (χ0n) is 10.8. The summed E-state index contributed by atoms with van der Waals surface area (Å²) in [5.74, 6) is 2.81. The van der Waals surface area contributed by atoms with Gasteiger partial charge in [-0.25, -0.2) is 0 Å². The minimum absolute atomic E-state index is 0.563. The lowest BCUT2D eigenvalue weighted by Crippen LogP contribution is -2.30. The highest BCUT2D eigenvalue weighted by Gasteiger charge is 2.32. The molecular weight excluding hydrogens is 168 g/mol. The third kappa shape index (κ3) is 2.74. The third-order valence-electron chi connectivity index (χ3n) is 4.89. The fourth-order valence-corrected chi connectivity index (χ4v) is 2.88. The van der Waals surface area contributed by atoms with E-state index in [0.717, 1.165) is 17.8 Å². The lowest BCUT2D eigenvalue weighted by molar-refractivity contribution is 0.109. The summed E-state index contributed by atoms with van der Waals surface area (Å²) in [4.78, 5) is 0. The Bertz CT molecular complexity index is 169. The number of hydrogen-bond donors (Lipinski definition) is 0. The van der Waals surface area contributed by atoms with Crippen molar-refractivity contribution in [1.29, 1.82) is 0 Å². The van der Waals surface area contributed by atoms with Crippen LogP contribution in [0.1, 0.15) is 66.7 Å². The molecule has 0 spiro atoms. The Hall–Kier alpha value is 0. The predicted octanol–water partition coefficient (Wildman–Crippen LogP) is 4.89. The van der Waals surface area contributed by atoms with E-state index in [1.54, 1.807) is 0 Å². The molecule has 0 saturated heterocycles. The molecule has 1 aliphatic carbocycles. The minimum atomic E-state index is 0.563. The molecular formula is C14H28. The van der Waals surface area contributed by atoms with Gasteiger partial charge in [0, 0.05) is 0 Å². The van der Waals surface area contributed by atoms with Crippen molar-refractivity contribution in [2.45, 2.75) is 66.7 Å². The molecule has 0 aromatic carbocycles. The van der Waals surface area contributed by atoms with Crippen molar-refractivity contribution in [3.05, 3.63) is 0 Å². The Morgan fingerprint density at radius 2 is 1.71 bits per heavy atom. The van der Waals surface area contributed by atoms with Gasteiger partial charge in [-0.2, -0.15) is 0 Å². The van der Waals surface area contributed by atoms with Crippen molar-refractivity contribution in [2.24, 2.45) is 23.2 Å². The third-order valence-corrected chi connectivity index (χ3v) is 4.89. The van der Waals surface area contributed by atoms with Gasteiger partial charge in [-0.15, -0.1) is 0 Å². The first-order valence-electron chi connectivity index (χ1n) is 6.47. The highest BCUT2D eigenvalue weighted by molar-refractivity contribution is 4.82. The van der Waals surface area contributed by atoms with Crippen LogP contribution in [0.25, 0.3) is 0 Å². The van der Waals surface area contributed by atoms with Gasteiger partial charge in [0.05, 0.1) is 0 Å². The molecule has 1 aliphatic rings. The van der Waals surface area contributed by atoms with Gasteiger partial charge >= 0.3 is 0 Å². The average molecular weight is 196 g/mol. The molecule has 1 saturated carbocycles. The summed E-state index contributed by atoms with van der Waals surface area (Å²) in [6.07, 6.45) is 7.19. The summed E-state index contributed by atoms with van der Waals surface area (Å²) in [5, 5.41) is 0. The maximum Gasteiger partial charge on any atom is -0.0326 e. The molecule has 14 heavy (non-hydrogen) atoms. The van der Waals surface area contributed by atoms with Gasteiger partial charge < -0.3 is 0 Å². The number of rotatable bonds is 1. The van der Waals surface area contributed by atoms with Gasteiger partial charge in [-0.3, -0.25) is 0 Å². The normalized spacial score (nSPS) is 38.8. The van der Waals surface area contributed by atoms with Crippen molar-refractivity contribution in [3.63, 3.8) is 0 Å². The van der Waals surface area contributed by atoms with Crippen molar-refractivity contribution >= 4 is 0 Å². The summed E-state index contributed by atoms with van der Waals surface area (Å²) in [6, 6.07) is 0. The molecule has 84 valence electrons. The zero-order chi connectivity index (χ0) is 10.8. The lowest BCUT2D eigenvalue weighted by Gasteiger charge is -2.39. The van der Waals surface area contributed by atoms with Gasteiger partial charge in [-0.1, -0.05) is 53.9 Å². The van der Waals surface area contributed by atoms with Crippen LogP contribution in [0, 0.1) is 23.2 Å². The smallest absolute Gasteiger partial charge is 0.0326 e.